The van der Waals surface area contributed by atoms with Crippen LogP contribution in [0.1, 0.15) is 68.0 Å². The maximum absolute atomic E-state index is 14.6. The summed E-state index contributed by atoms with van der Waals surface area (Å²) in [7, 11) is 0. The fraction of sp³-hybridized carbons (Fsp3) is 0.524. The summed E-state index contributed by atoms with van der Waals surface area (Å²) in [4.78, 5) is 26.8. The van der Waals surface area contributed by atoms with E-state index in [1.807, 2.05) is 0 Å². The monoisotopic (exact) mass is 408 g/mol. The fourth-order valence-corrected chi connectivity index (χ4v) is 2.40. The number of pyridine rings is 1. The van der Waals surface area contributed by atoms with Gasteiger partial charge in [-0.1, -0.05) is 6.92 Å². The van der Waals surface area contributed by atoms with Gasteiger partial charge in [0, 0.05) is 45.5 Å². The Morgan fingerprint density at radius 3 is 3.25 bits per heavy atom. The van der Waals surface area contributed by atoms with Crippen molar-refractivity contribution in [3.8, 4) is 5.75 Å². The van der Waals surface area contributed by atoms with E-state index in [1.54, 1.807) is 0 Å². The molecule has 1 aromatic carbocycles. The Bertz CT molecular complexity index is 1660. The number of benzene rings is 1. The van der Waals surface area contributed by atoms with Crippen molar-refractivity contribution in [2.24, 2.45) is 5.89 Å². The molecule has 28 heavy (non-hydrogen) atoms. The third kappa shape index (κ3) is 4.19. The maximum atomic E-state index is 14.6. The van der Waals surface area contributed by atoms with E-state index in [0.717, 1.165) is 0 Å². The Hall–Kier alpha value is -2.41. The number of nitrogens with zero attached hydrogens (tertiary/aromatic N) is 2. The van der Waals surface area contributed by atoms with Gasteiger partial charge < -0.3 is 19.9 Å². The summed E-state index contributed by atoms with van der Waals surface area (Å²) in [5.41, 5.74) is -4.81. The number of nitrogens with one attached hydrogen (secondary N) is 1. The van der Waals surface area contributed by atoms with Gasteiger partial charge in [0.2, 0.25) is 0 Å². The van der Waals surface area contributed by atoms with Crippen molar-refractivity contribution in [1.82, 2.24) is 14.8 Å². The quantitative estimate of drug-likeness (QED) is 0.771. The van der Waals surface area contributed by atoms with Crippen LogP contribution in [0.5, 0.6) is 5.75 Å². The number of halogens is 1. The Morgan fingerprint density at radius 2 is 2.46 bits per heavy atom. The number of aryl methyl sites for hydroxylation is 1. The van der Waals surface area contributed by atoms with E-state index < -0.39 is 122 Å². The van der Waals surface area contributed by atoms with Gasteiger partial charge in [-0.15, -0.1) is 0 Å². The van der Waals surface area contributed by atoms with E-state index in [4.69, 9.17) is 26.1 Å². The molecule has 0 aliphatic carbocycles. The SMILES string of the molecule is [2H]c1c(F)c([2H])c2c(O)c(C(=O)N([2H])CCC([2H])N3C([2H])([2H])C([2H])([2H])C([2H])([2H])C([2H])(C)C3([2H])[2H])c(=O)n(C([2H])([2H])C([2H])([2H])[2H])c2c1[2H]. The molecule has 2 unspecified atom stereocenters. The van der Waals surface area contributed by atoms with Crippen molar-refractivity contribution in [2.45, 2.75) is 39.4 Å². The number of fused-ring (bicyclic) bond motifs is 1. The third-order valence-corrected chi connectivity index (χ3v) is 3.61. The van der Waals surface area contributed by atoms with E-state index in [-0.39, 0.29) is 14.8 Å². The molecule has 152 valence electrons. The van der Waals surface area contributed by atoms with Crippen molar-refractivity contribution in [3.05, 3.63) is 39.9 Å². The summed E-state index contributed by atoms with van der Waals surface area (Å²) in [6.07, 6.45) is -8.01. The number of likely N-dealkylation sites (tertiary alicyclic amines) is 1. The summed E-state index contributed by atoms with van der Waals surface area (Å²) in [5.74, 6) is -8.27. The van der Waals surface area contributed by atoms with Gasteiger partial charge in [0.15, 0.2) is 1.41 Å². The first-order chi connectivity index (χ1) is 20.8. The lowest BCUT2D eigenvalue weighted by molar-refractivity contribution is 0.0945. The van der Waals surface area contributed by atoms with Gasteiger partial charge in [-0.3, -0.25) is 9.59 Å². The van der Waals surface area contributed by atoms with Gasteiger partial charge in [0.1, 0.15) is 17.1 Å². The molecule has 0 radical (unpaired) electrons. The average molecular weight is 409 g/mol. The van der Waals surface area contributed by atoms with Crippen LogP contribution in [-0.4, -0.2) is 46.5 Å². The van der Waals surface area contributed by atoms with Crippen LogP contribution in [0.25, 0.3) is 10.9 Å². The highest BCUT2D eigenvalue weighted by Gasteiger charge is 2.22. The molecule has 1 fully saturated rings. The lowest BCUT2D eigenvalue weighted by Crippen LogP contribution is -2.37. The van der Waals surface area contributed by atoms with E-state index in [0.29, 0.717) is 6.92 Å². The summed E-state index contributed by atoms with van der Waals surface area (Å²) in [5, 5.41) is 9.44. The fourth-order valence-electron chi connectivity index (χ4n) is 2.40. The van der Waals surface area contributed by atoms with E-state index >= 15 is 0 Å². The molecule has 0 spiro atoms. The summed E-state index contributed by atoms with van der Waals surface area (Å²) >= 11 is 0. The highest BCUT2D eigenvalue weighted by atomic mass is 19.1. The molecule has 7 heteroatoms. The minimum absolute atomic E-state index is 0.0820. The summed E-state index contributed by atoms with van der Waals surface area (Å²) in [6.45, 7) is -17.2. The van der Waals surface area contributed by atoms with Gasteiger partial charge in [-0.2, -0.15) is 0 Å². The standard InChI is InChI=1S/C21H28FN3O3/c1-3-25-17-8-7-15(22)12-16(17)19(26)18(21(25)28)20(27)23-9-5-11-24-10-4-6-14(2)13-24/h7-8,12,14,26H,3-6,9-11,13H2,1-2H3,(H,23,27)/i1D3,3D2,4D2,6D2,7D,8D,10D2,11D,12D,13D2,14D/hD. The van der Waals surface area contributed by atoms with Crippen LogP contribution >= 0.6 is 0 Å². The minimum atomic E-state index is -3.82. The van der Waals surface area contributed by atoms with E-state index in [1.165, 1.54) is 0 Å². The lowest BCUT2D eigenvalue weighted by Gasteiger charge is -2.30. The first-order valence-corrected chi connectivity index (χ1v) is 7.90. The zero-order valence-corrected chi connectivity index (χ0v) is 14.5. The predicted octanol–water partition coefficient (Wildman–Crippen LogP) is 2.72. The molecule has 1 aliphatic heterocycles. The molecule has 1 amide bonds. The second-order valence-electron chi connectivity index (χ2n) is 5.52. The molecule has 0 saturated carbocycles. The summed E-state index contributed by atoms with van der Waals surface area (Å²) < 4.78 is 167. The second kappa shape index (κ2) is 8.73. The van der Waals surface area contributed by atoms with Crippen molar-refractivity contribution >= 4 is 16.8 Å². The van der Waals surface area contributed by atoms with Gasteiger partial charge >= 0.3 is 0 Å². The zero-order chi connectivity index (χ0) is 37.0. The molecule has 2 heterocycles. The van der Waals surface area contributed by atoms with Crippen LogP contribution in [-0.2, 0) is 6.50 Å². The van der Waals surface area contributed by atoms with Gasteiger partial charge in [0.25, 0.3) is 11.5 Å². The third-order valence-electron chi connectivity index (χ3n) is 3.61. The first-order valence-electron chi connectivity index (χ1n) is 17.4. The number of piperidine rings is 1. The Labute approximate surface area is 190 Å². The van der Waals surface area contributed by atoms with Gasteiger partial charge in [-0.05, 0) is 63.1 Å². The zero-order valence-electron chi connectivity index (χ0n) is 33.5. The molecule has 2 aromatic rings. The van der Waals surface area contributed by atoms with E-state index in [2.05, 4.69) is 0 Å². The molecule has 1 aromatic heterocycles. The highest BCUT2D eigenvalue weighted by Crippen LogP contribution is 2.27. The molecule has 2 N–H and O–H groups in total. The maximum Gasteiger partial charge on any atom is 0.267 e. The van der Waals surface area contributed by atoms with Crippen LogP contribution in [0.15, 0.2) is 22.9 Å². The second-order valence-corrected chi connectivity index (χ2v) is 5.52. The number of aromatic hydroxyl groups is 1. The van der Waals surface area contributed by atoms with Crippen molar-refractivity contribution in [1.29, 1.82) is 0 Å². The molecular weight excluding hydrogens is 361 g/mol. The summed E-state index contributed by atoms with van der Waals surface area (Å²) in [6, 6.07) is -4.14. The first kappa shape index (κ1) is 7.13. The minimum Gasteiger partial charge on any atom is -0.506 e. The average Bonchev–Trinajstić information content (AvgIpc) is 2.91. The van der Waals surface area contributed by atoms with Crippen LogP contribution < -0.4 is 10.9 Å². The Balaban J connectivity index is 2.16. The normalized spacial score (nSPS) is 39.6. The van der Waals surface area contributed by atoms with Crippen molar-refractivity contribution in [2.75, 3.05) is 26.1 Å². The number of amides is 1. The number of carbonyl (C=O) groups is 1. The molecular formula is C21H28FN3O3. The number of carbonyl (C=O) groups excluding carboxylic acids is 1. The van der Waals surface area contributed by atoms with Gasteiger partial charge in [0.05, 0.1) is 9.63 Å². The molecule has 2 atom stereocenters. The number of aromatic nitrogens is 1. The lowest BCUT2D eigenvalue weighted by atomic mass is 10.0. The largest absolute Gasteiger partial charge is 0.506 e. The Kier molecular flexibility index (Phi) is 2.22. The van der Waals surface area contributed by atoms with Crippen LogP contribution in [0.4, 0.5) is 4.39 Å². The van der Waals surface area contributed by atoms with Crippen LogP contribution in [0.3, 0.4) is 0 Å². The van der Waals surface area contributed by atoms with Crippen LogP contribution in [0.2, 0.25) is 1.41 Å². The highest BCUT2D eigenvalue weighted by molar-refractivity contribution is 6.02. The van der Waals surface area contributed by atoms with E-state index in [9.17, 15) is 19.1 Å². The number of hydrogen-bond acceptors (Lipinski definition) is 4. The smallest absolute Gasteiger partial charge is 0.267 e. The molecule has 6 nitrogen and oxygen atoms in total. The topological polar surface area (TPSA) is 74.6 Å². The number of hydrogen-bond donors (Lipinski definition) is 2. The number of rotatable bonds is 6. The molecule has 3 rings (SSSR count). The van der Waals surface area contributed by atoms with Crippen molar-refractivity contribution in [3.63, 3.8) is 0 Å². The van der Waals surface area contributed by atoms with Gasteiger partial charge in [-0.25, -0.2) is 4.39 Å². The molecule has 1 aliphatic rings. The predicted molar refractivity (Wildman–Crippen MR) is 107 cm³/mol. The molecule has 0 bridgehead atoms. The van der Waals surface area contributed by atoms with Crippen molar-refractivity contribution < 1.29 is 40.4 Å². The van der Waals surface area contributed by atoms with Crippen LogP contribution in [0, 0.1) is 11.7 Å². The Morgan fingerprint density at radius 1 is 1.64 bits per heavy atom. The molecule has 1 saturated heterocycles.